The molecular formula is C10H20N2S2. The lowest BCUT2D eigenvalue weighted by atomic mass is 10.1. The van der Waals surface area contributed by atoms with Gasteiger partial charge < -0.3 is 5.73 Å². The first kappa shape index (κ1) is 12.3. The van der Waals surface area contributed by atoms with Gasteiger partial charge in [0.1, 0.15) is 0 Å². The molecule has 0 amide bonds. The van der Waals surface area contributed by atoms with E-state index < -0.39 is 0 Å². The van der Waals surface area contributed by atoms with Crippen molar-refractivity contribution in [3.05, 3.63) is 0 Å². The first-order valence-corrected chi connectivity index (χ1v) is 6.58. The van der Waals surface area contributed by atoms with Gasteiger partial charge in [-0.15, -0.1) is 0 Å². The van der Waals surface area contributed by atoms with Crippen molar-refractivity contribution >= 4 is 29.0 Å². The molecule has 0 saturated carbocycles. The molecule has 3 unspecified atom stereocenters. The Kier molecular flexibility index (Phi) is 4.67. The number of nitrogens with zero attached hydrogens (tertiary/aromatic N) is 1. The summed E-state index contributed by atoms with van der Waals surface area (Å²) in [6, 6.07) is 0.302. The average Bonchev–Trinajstić information content (AvgIpc) is 2.02. The summed E-state index contributed by atoms with van der Waals surface area (Å²) in [5, 5.41) is 1.39. The highest BCUT2D eigenvalue weighted by molar-refractivity contribution is 8.00. The van der Waals surface area contributed by atoms with Crippen LogP contribution in [0, 0.1) is 0 Å². The number of nitrogens with two attached hydrogens (primary N) is 1. The van der Waals surface area contributed by atoms with Gasteiger partial charge in [0.15, 0.2) is 0 Å². The minimum Gasteiger partial charge on any atom is -0.392 e. The van der Waals surface area contributed by atoms with Crippen LogP contribution in [-0.2, 0) is 0 Å². The number of thiocarbonyl (C=S) groups is 1. The van der Waals surface area contributed by atoms with Crippen LogP contribution in [0.5, 0.6) is 0 Å². The summed E-state index contributed by atoms with van der Waals surface area (Å²) >= 11 is 7.16. The molecule has 1 rings (SSSR count). The van der Waals surface area contributed by atoms with Crippen LogP contribution in [0.25, 0.3) is 0 Å². The normalized spacial score (nSPS) is 31.4. The maximum absolute atomic E-state index is 5.75. The smallest absolute Gasteiger partial charge is 0.0901 e. The third kappa shape index (κ3) is 3.11. The monoisotopic (exact) mass is 232 g/mol. The molecule has 0 aromatic rings. The highest BCUT2D eigenvalue weighted by Crippen LogP contribution is 2.26. The molecule has 4 heteroatoms. The molecule has 0 spiro atoms. The molecule has 1 aliphatic heterocycles. The molecule has 0 aliphatic carbocycles. The van der Waals surface area contributed by atoms with E-state index in [-0.39, 0.29) is 0 Å². The second-order valence-electron chi connectivity index (χ2n) is 4.04. The molecule has 2 N–H and O–H groups in total. The second-order valence-corrected chi connectivity index (χ2v) is 6.39. The first-order valence-electron chi connectivity index (χ1n) is 5.23. The molecule has 1 saturated heterocycles. The second kappa shape index (κ2) is 5.33. The molecule has 0 bridgehead atoms. The maximum atomic E-state index is 5.75. The zero-order valence-electron chi connectivity index (χ0n) is 9.19. The van der Waals surface area contributed by atoms with Gasteiger partial charge in [0, 0.05) is 23.6 Å². The summed E-state index contributed by atoms with van der Waals surface area (Å²) in [6.07, 6.45) is 1.03. The van der Waals surface area contributed by atoms with E-state index in [1.54, 1.807) is 0 Å². The van der Waals surface area contributed by atoms with Gasteiger partial charge in [0.05, 0.1) is 11.0 Å². The molecule has 14 heavy (non-hydrogen) atoms. The van der Waals surface area contributed by atoms with Crippen LogP contribution in [0.4, 0.5) is 0 Å². The third-order valence-corrected chi connectivity index (χ3v) is 4.10. The molecule has 1 heterocycles. The van der Waals surface area contributed by atoms with Crippen molar-refractivity contribution in [3.8, 4) is 0 Å². The van der Waals surface area contributed by atoms with E-state index >= 15 is 0 Å². The van der Waals surface area contributed by atoms with Gasteiger partial charge in [0.2, 0.25) is 0 Å². The van der Waals surface area contributed by atoms with E-state index in [0.717, 1.165) is 19.5 Å². The molecule has 1 fully saturated rings. The fourth-order valence-electron chi connectivity index (χ4n) is 2.11. The summed E-state index contributed by atoms with van der Waals surface area (Å²) in [7, 11) is 0. The van der Waals surface area contributed by atoms with E-state index in [1.165, 1.54) is 0 Å². The van der Waals surface area contributed by atoms with Crippen molar-refractivity contribution in [2.75, 3.05) is 13.1 Å². The largest absolute Gasteiger partial charge is 0.392 e. The van der Waals surface area contributed by atoms with Crippen LogP contribution in [0.15, 0.2) is 0 Å². The number of thioether (sulfide) groups is 1. The Morgan fingerprint density at radius 2 is 2.00 bits per heavy atom. The SMILES string of the molecule is CCC(C(N)=S)N1CC(C)SC(C)C1. The Labute approximate surface area is 96.6 Å². The lowest BCUT2D eigenvalue weighted by Crippen LogP contribution is -2.50. The lowest BCUT2D eigenvalue weighted by Gasteiger charge is -2.39. The highest BCUT2D eigenvalue weighted by Gasteiger charge is 2.28. The summed E-state index contributed by atoms with van der Waals surface area (Å²) in [6.45, 7) is 8.94. The molecule has 82 valence electrons. The number of hydrogen-bond acceptors (Lipinski definition) is 3. The average molecular weight is 232 g/mol. The molecule has 3 atom stereocenters. The van der Waals surface area contributed by atoms with Gasteiger partial charge in [-0.2, -0.15) is 11.8 Å². The molecular weight excluding hydrogens is 212 g/mol. The first-order chi connectivity index (χ1) is 6.54. The van der Waals surface area contributed by atoms with E-state index in [1.807, 2.05) is 0 Å². The Hall–Kier alpha value is 0.200. The zero-order valence-corrected chi connectivity index (χ0v) is 10.8. The maximum Gasteiger partial charge on any atom is 0.0901 e. The van der Waals surface area contributed by atoms with E-state index in [4.69, 9.17) is 18.0 Å². The van der Waals surface area contributed by atoms with Crippen molar-refractivity contribution in [1.29, 1.82) is 0 Å². The van der Waals surface area contributed by atoms with Crippen LogP contribution in [0.2, 0.25) is 0 Å². The van der Waals surface area contributed by atoms with Crippen LogP contribution in [0.1, 0.15) is 27.2 Å². The summed E-state index contributed by atoms with van der Waals surface area (Å²) in [5.74, 6) is 0. The van der Waals surface area contributed by atoms with Gasteiger partial charge in [-0.3, -0.25) is 4.90 Å². The molecule has 0 aromatic heterocycles. The van der Waals surface area contributed by atoms with Crippen LogP contribution < -0.4 is 5.73 Å². The minimum atomic E-state index is 0.302. The van der Waals surface area contributed by atoms with Crippen molar-refractivity contribution in [3.63, 3.8) is 0 Å². The van der Waals surface area contributed by atoms with Crippen LogP contribution >= 0.6 is 24.0 Å². The topological polar surface area (TPSA) is 29.3 Å². The third-order valence-electron chi connectivity index (χ3n) is 2.60. The highest BCUT2D eigenvalue weighted by atomic mass is 32.2. The molecule has 0 radical (unpaired) electrons. The number of hydrogen-bond donors (Lipinski definition) is 1. The molecule has 1 aliphatic rings. The fourth-order valence-corrected chi connectivity index (χ4v) is 3.78. The predicted octanol–water partition coefficient (Wildman–Crippen LogP) is 1.88. The predicted molar refractivity (Wildman–Crippen MR) is 69.0 cm³/mol. The van der Waals surface area contributed by atoms with E-state index in [2.05, 4.69) is 37.4 Å². The van der Waals surface area contributed by atoms with Gasteiger partial charge in [-0.05, 0) is 6.42 Å². The Bertz CT molecular complexity index is 198. The quantitative estimate of drug-likeness (QED) is 0.752. The Morgan fingerprint density at radius 3 is 2.36 bits per heavy atom. The van der Waals surface area contributed by atoms with Gasteiger partial charge in [0.25, 0.3) is 0 Å². The lowest BCUT2D eigenvalue weighted by molar-refractivity contribution is 0.235. The molecule has 0 aromatic carbocycles. The van der Waals surface area contributed by atoms with Gasteiger partial charge in [-0.25, -0.2) is 0 Å². The summed E-state index contributed by atoms with van der Waals surface area (Å²) in [4.78, 5) is 3.09. The van der Waals surface area contributed by atoms with Crippen molar-refractivity contribution in [1.82, 2.24) is 4.90 Å². The Balaban J connectivity index is 2.61. The van der Waals surface area contributed by atoms with Crippen LogP contribution in [-0.4, -0.2) is 39.5 Å². The van der Waals surface area contributed by atoms with E-state index in [9.17, 15) is 0 Å². The Morgan fingerprint density at radius 1 is 1.50 bits per heavy atom. The van der Waals surface area contributed by atoms with Gasteiger partial charge >= 0.3 is 0 Å². The van der Waals surface area contributed by atoms with Crippen molar-refractivity contribution in [2.24, 2.45) is 5.73 Å². The summed E-state index contributed by atoms with van der Waals surface area (Å²) in [5.41, 5.74) is 5.75. The summed E-state index contributed by atoms with van der Waals surface area (Å²) < 4.78 is 0. The fraction of sp³-hybridized carbons (Fsp3) is 0.900. The van der Waals surface area contributed by atoms with Crippen molar-refractivity contribution < 1.29 is 0 Å². The molecule has 2 nitrogen and oxygen atoms in total. The zero-order chi connectivity index (χ0) is 10.7. The minimum absolute atomic E-state index is 0.302. The number of rotatable bonds is 3. The van der Waals surface area contributed by atoms with Crippen molar-refractivity contribution in [2.45, 2.75) is 43.7 Å². The van der Waals surface area contributed by atoms with Gasteiger partial charge in [-0.1, -0.05) is 33.0 Å². The standard InChI is InChI=1S/C10H20N2S2/c1-4-9(10(11)13)12-5-7(2)14-8(3)6-12/h7-9H,4-6H2,1-3H3,(H2,11,13). The van der Waals surface area contributed by atoms with E-state index in [0.29, 0.717) is 21.5 Å². The van der Waals surface area contributed by atoms with Crippen LogP contribution in [0.3, 0.4) is 0 Å².